The van der Waals surface area contributed by atoms with Gasteiger partial charge < -0.3 is 20.1 Å². The number of nitrogens with zero attached hydrogens (tertiary/aromatic N) is 6. The zero-order valence-electron chi connectivity index (χ0n) is 43.3. The fourth-order valence-corrected chi connectivity index (χ4v) is 11.9. The Bertz CT molecular complexity index is 3350. The first-order chi connectivity index (χ1) is 36.0. The zero-order valence-corrected chi connectivity index (χ0v) is 44.1. The summed E-state index contributed by atoms with van der Waals surface area (Å²) in [6.07, 6.45) is 4.12. The molecule has 3 aliphatic rings. The Balaban J connectivity index is 0.764. The van der Waals surface area contributed by atoms with Crippen LogP contribution in [0.25, 0.3) is 32.2 Å². The highest BCUT2D eigenvalue weighted by Crippen LogP contribution is 2.42. The first-order valence-corrected chi connectivity index (χ1v) is 26.7. The lowest BCUT2D eigenvalue weighted by atomic mass is 9.80. The molecular weight excluding hydrogens is 967 g/mol. The molecule has 17 heteroatoms. The number of amides is 4. The number of carboxylic acids is 1. The van der Waals surface area contributed by atoms with Gasteiger partial charge in [-0.05, 0) is 146 Å². The average molecular weight is 1030 g/mol. The third-order valence-corrected chi connectivity index (χ3v) is 16.2. The van der Waals surface area contributed by atoms with Crippen LogP contribution in [0.4, 0.5) is 16.6 Å². The van der Waals surface area contributed by atoms with Crippen LogP contribution < -0.4 is 25.6 Å². The van der Waals surface area contributed by atoms with Crippen molar-refractivity contribution in [3.63, 3.8) is 0 Å². The predicted molar refractivity (Wildman–Crippen MR) is 292 cm³/mol. The van der Waals surface area contributed by atoms with Crippen molar-refractivity contribution in [1.82, 2.24) is 30.0 Å². The van der Waals surface area contributed by atoms with Crippen LogP contribution in [0, 0.1) is 18.8 Å². The van der Waals surface area contributed by atoms with Gasteiger partial charge in [-0.15, -0.1) is 0 Å². The molecular formula is C58H63N9O7S. The maximum atomic E-state index is 13.8. The van der Waals surface area contributed by atoms with Crippen LogP contribution in [0.15, 0.2) is 84.9 Å². The van der Waals surface area contributed by atoms with E-state index < -0.39 is 17.3 Å². The maximum Gasteiger partial charge on any atom is 0.355 e. The molecule has 0 spiro atoms. The van der Waals surface area contributed by atoms with E-state index in [1.165, 1.54) is 11.3 Å². The third kappa shape index (κ3) is 10.7. The van der Waals surface area contributed by atoms with E-state index in [0.717, 1.165) is 81.3 Å². The highest BCUT2D eigenvalue weighted by molar-refractivity contribution is 7.22. The molecule has 4 N–H and O–H groups in total. The molecule has 3 aromatic heterocycles. The average Bonchev–Trinajstić information content (AvgIpc) is 3.95. The number of piperidine rings is 2. The molecule has 6 heterocycles. The topological polar surface area (TPSA) is 201 Å². The van der Waals surface area contributed by atoms with Crippen molar-refractivity contribution < 1.29 is 33.8 Å². The number of imide groups is 1. The van der Waals surface area contributed by atoms with Gasteiger partial charge in [-0.1, -0.05) is 75.4 Å². The van der Waals surface area contributed by atoms with Gasteiger partial charge in [0.2, 0.25) is 17.7 Å². The van der Waals surface area contributed by atoms with Crippen molar-refractivity contribution in [1.29, 1.82) is 0 Å². The Morgan fingerprint density at radius 3 is 2.47 bits per heavy atom. The van der Waals surface area contributed by atoms with Crippen LogP contribution in [0.2, 0.25) is 0 Å². The molecule has 2 atom stereocenters. The number of nitrogens with one attached hydrogen (secondary N) is 3. The second-order valence-electron chi connectivity index (χ2n) is 21.3. The van der Waals surface area contributed by atoms with Gasteiger partial charge in [0.25, 0.3) is 5.91 Å². The quantitative estimate of drug-likeness (QED) is 0.0753. The minimum atomic E-state index is -1.12. The summed E-state index contributed by atoms with van der Waals surface area (Å²) < 4.78 is 9.21. The van der Waals surface area contributed by atoms with Crippen LogP contribution >= 0.6 is 11.3 Å². The second-order valence-corrected chi connectivity index (χ2v) is 22.3. The third-order valence-electron chi connectivity index (χ3n) is 15.3. The van der Waals surface area contributed by atoms with Crippen molar-refractivity contribution in [2.45, 2.75) is 91.0 Å². The van der Waals surface area contributed by atoms with Gasteiger partial charge in [0, 0.05) is 48.8 Å². The molecule has 10 rings (SSSR count). The molecule has 2 fully saturated rings. The van der Waals surface area contributed by atoms with Crippen molar-refractivity contribution in [3.8, 4) is 16.9 Å². The number of ether oxygens (including phenoxy) is 1. The maximum absolute atomic E-state index is 13.8. The van der Waals surface area contributed by atoms with Gasteiger partial charge in [-0.2, -0.15) is 5.10 Å². The zero-order chi connectivity index (χ0) is 52.7. The normalized spacial score (nSPS) is 16.9. The minimum absolute atomic E-state index is 0.0314. The fraction of sp³-hybridized carbons (Fsp3) is 0.379. The number of likely N-dealkylation sites (tertiary alicyclic amines) is 1. The summed E-state index contributed by atoms with van der Waals surface area (Å²) in [5.74, 6) is -0.451. The number of para-hydroxylation sites is 1. The summed E-state index contributed by atoms with van der Waals surface area (Å²) in [7, 11) is 1.81. The number of hydrogen-bond donors (Lipinski definition) is 4. The second kappa shape index (κ2) is 21.0. The van der Waals surface area contributed by atoms with Crippen molar-refractivity contribution in [2.75, 3.05) is 48.3 Å². The number of thiazole rings is 1. The number of benzene rings is 4. The molecule has 388 valence electrons. The number of rotatable bonds is 14. The number of hydrogen-bond acceptors (Lipinski definition) is 12. The molecule has 0 aliphatic carbocycles. The van der Waals surface area contributed by atoms with Crippen LogP contribution in [0.5, 0.6) is 5.75 Å². The van der Waals surface area contributed by atoms with E-state index in [9.17, 15) is 29.1 Å². The van der Waals surface area contributed by atoms with Gasteiger partial charge >= 0.3 is 5.97 Å². The molecule has 16 nitrogen and oxygen atoms in total. The number of carbonyl (C=O) groups excluding carboxylic acids is 4. The molecule has 0 bridgehead atoms. The first-order valence-electron chi connectivity index (χ1n) is 25.9. The van der Waals surface area contributed by atoms with Crippen molar-refractivity contribution >= 4 is 78.7 Å². The molecule has 4 amide bonds. The summed E-state index contributed by atoms with van der Waals surface area (Å²) in [4.78, 5) is 78.5. The Morgan fingerprint density at radius 1 is 0.920 bits per heavy atom. The minimum Gasteiger partial charge on any atom is -0.493 e. The summed E-state index contributed by atoms with van der Waals surface area (Å²) in [5, 5.41) is 25.3. The van der Waals surface area contributed by atoms with E-state index in [-0.39, 0.29) is 42.3 Å². The largest absolute Gasteiger partial charge is 0.493 e. The summed E-state index contributed by atoms with van der Waals surface area (Å²) in [5.41, 5.74) is 7.93. The molecule has 0 radical (unpaired) electrons. The van der Waals surface area contributed by atoms with Crippen LogP contribution in [-0.2, 0) is 39.8 Å². The highest BCUT2D eigenvalue weighted by Gasteiger charge is 2.34. The highest BCUT2D eigenvalue weighted by atomic mass is 32.1. The molecule has 0 saturated carbocycles. The number of carboxylic acid groups (broad SMARTS) is 1. The number of pyridine rings is 1. The van der Waals surface area contributed by atoms with E-state index in [4.69, 9.17) is 9.72 Å². The van der Waals surface area contributed by atoms with Gasteiger partial charge in [-0.25, -0.2) is 14.8 Å². The molecule has 75 heavy (non-hydrogen) atoms. The lowest BCUT2D eigenvalue weighted by molar-refractivity contribution is -0.134. The van der Waals surface area contributed by atoms with Crippen LogP contribution in [0.1, 0.15) is 115 Å². The van der Waals surface area contributed by atoms with E-state index in [1.807, 2.05) is 98.9 Å². The number of fused-ring (bicyclic) bond motifs is 3. The van der Waals surface area contributed by atoms with Crippen LogP contribution in [0.3, 0.4) is 0 Å². The summed E-state index contributed by atoms with van der Waals surface area (Å²) in [6.45, 7) is 13.9. The summed E-state index contributed by atoms with van der Waals surface area (Å²) in [6, 6.07) is 27.0. The van der Waals surface area contributed by atoms with E-state index in [2.05, 4.69) is 63.5 Å². The van der Waals surface area contributed by atoms with E-state index in [1.54, 1.807) is 4.68 Å². The van der Waals surface area contributed by atoms with Crippen LogP contribution in [-0.4, -0.2) is 92.1 Å². The monoisotopic (exact) mass is 1030 g/mol. The van der Waals surface area contributed by atoms with Crippen molar-refractivity contribution in [3.05, 3.63) is 124 Å². The van der Waals surface area contributed by atoms with Gasteiger partial charge in [0.05, 0.1) is 40.5 Å². The Labute approximate surface area is 439 Å². The standard InChI is InChI=1S/C58H63N9O7S/c1-33(35-21-25-66(26-22-35)32-50(69)59-37-17-18-40-45(29-37)65(6)64-52(40)41-19-20-49(68)62-55(41)71)24-28-74-46-15-10-12-38(34(46)2)51-43(58(3,4)5)30-48(61-53(51)56(72)73)67-27-23-36-11-9-13-39(42(36)31-67)54(70)63-57-60-44-14-7-8-16-47(44)75-57/h7-18,29-30,33,35,41H,19-28,31-32H2,1-6H3,(H,59,69)(H,72,73)(H,60,63,70)(H,62,68,71)/t33-,41?/m1/s1. The Hall–Kier alpha value is -7.50. The molecule has 4 aromatic carbocycles. The van der Waals surface area contributed by atoms with Crippen molar-refractivity contribution in [2.24, 2.45) is 18.9 Å². The summed E-state index contributed by atoms with van der Waals surface area (Å²) >= 11 is 1.43. The number of aromatic nitrogens is 4. The van der Waals surface area contributed by atoms with Gasteiger partial charge in [-0.3, -0.25) is 39.4 Å². The van der Waals surface area contributed by atoms with E-state index in [0.29, 0.717) is 83.6 Å². The van der Waals surface area contributed by atoms with Gasteiger partial charge in [0.15, 0.2) is 10.8 Å². The fourth-order valence-electron chi connectivity index (χ4n) is 11.1. The molecule has 1 unspecified atom stereocenters. The number of anilines is 3. The first kappa shape index (κ1) is 51.0. The Morgan fingerprint density at radius 2 is 1.71 bits per heavy atom. The Kier molecular flexibility index (Phi) is 14.3. The lowest BCUT2D eigenvalue weighted by Gasteiger charge is -2.34. The predicted octanol–water partition coefficient (Wildman–Crippen LogP) is 9.64. The van der Waals surface area contributed by atoms with Gasteiger partial charge in [0.1, 0.15) is 11.6 Å². The number of aryl methyl sites for hydroxylation is 1. The SMILES string of the molecule is Cc1c(OCC[C@@H](C)C2CCN(CC(=O)Nc3ccc4c(C5CCC(=O)NC5=O)nn(C)c4c3)CC2)cccc1-c1c(C(C)(C)C)cc(N2CCc3cccc(C(=O)Nc4nc5ccccc5s4)c3C2)nc1C(=O)O. The number of aromatic carboxylic acids is 1. The van der Waals surface area contributed by atoms with E-state index >= 15 is 0 Å². The molecule has 2 saturated heterocycles. The molecule has 7 aromatic rings. The molecule has 3 aliphatic heterocycles. The lowest BCUT2D eigenvalue weighted by Crippen LogP contribution is -2.40. The number of carbonyl (C=O) groups is 5. The smallest absolute Gasteiger partial charge is 0.355 e.